The Bertz CT molecular complexity index is 465. The molecular weight excluding hydrogens is 250 g/mol. The highest BCUT2D eigenvalue weighted by Gasteiger charge is 2.14. The molecule has 1 fully saturated rings. The summed E-state index contributed by atoms with van der Waals surface area (Å²) in [5.41, 5.74) is 7.91. The number of benzene rings is 1. The monoisotopic (exact) mass is 275 g/mol. The molecule has 0 saturated carbocycles. The van der Waals surface area contributed by atoms with Gasteiger partial charge in [-0.05, 0) is 57.0 Å². The predicted molar refractivity (Wildman–Crippen MR) is 84.2 cm³/mol. The van der Waals surface area contributed by atoms with E-state index in [4.69, 9.17) is 5.73 Å². The average Bonchev–Trinajstić information content (AvgIpc) is 2.42. The maximum atomic E-state index is 11.5. The molecule has 0 bridgehead atoms. The van der Waals surface area contributed by atoms with Gasteiger partial charge in [-0.1, -0.05) is 6.92 Å². The lowest BCUT2D eigenvalue weighted by molar-refractivity contribution is 0.101. The minimum absolute atomic E-state index is 0.0103. The first kappa shape index (κ1) is 14.9. The number of likely N-dealkylation sites (tertiary alicyclic amines) is 1. The zero-order valence-electron chi connectivity index (χ0n) is 12.5. The van der Waals surface area contributed by atoms with E-state index in [1.54, 1.807) is 13.0 Å². The van der Waals surface area contributed by atoms with E-state index in [0.717, 1.165) is 24.7 Å². The molecule has 0 amide bonds. The molecule has 1 aromatic carbocycles. The van der Waals surface area contributed by atoms with Gasteiger partial charge in [0, 0.05) is 30.0 Å². The summed E-state index contributed by atoms with van der Waals surface area (Å²) in [5.74, 6) is 0.880. The molecule has 1 saturated heterocycles. The van der Waals surface area contributed by atoms with Crippen LogP contribution in [0.1, 0.15) is 37.0 Å². The lowest BCUT2D eigenvalue weighted by atomic mass is 9.99. The topological polar surface area (TPSA) is 58.4 Å². The van der Waals surface area contributed by atoms with Crippen molar-refractivity contribution in [3.05, 3.63) is 23.8 Å². The maximum absolute atomic E-state index is 11.5. The third-order valence-corrected chi connectivity index (χ3v) is 4.07. The molecule has 0 aliphatic carbocycles. The van der Waals surface area contributed by atoms with Crippen molar-refractivity contribution >= 4 is 17.2 Å². The van der Waals surface area contributed by atoms with E-state index in [9.17, 15) is 4.79 Å². The van der Waals surface area contributed by atoms with Crippen LogP contribution in [0.4, 0.5) is 11.4 Å². The number of piperidine rings is 1. The molecule has 1 aliphatic heterocycles. The Balaban J connectivity index is 1.82. The van der Waals surface area contributed by atoms with Crippen molar-refractivity contribution in [1.29, 1.82) is 0 Å². The van der Waals surface area contributed by atoms with Crippen molar-refractivity contribution in [3.63, 3.8) is 0 Å². The van der Waals surface area contributed by atoms with Gasteiger partial charge in [-0.3, -0.25) is 4.79 Å². The van der Waals surface area contributed by atoms with Gasteiger partial charge >= 0.3 is 0 Å². The molecule has 1 heterocycles. The molecule has 4 heteroatoms. The summed E-state index contributed by atoms with van der Waals surface area (Å²) < 4.78 is 0. The minimum Gasteiger partial charge on any atom is -0.398 e. The molecule has 0 spiro atoms. The van der Waals surface area contributed by atoms with Gasteiger partial charge in [-0.15, -0.1) is 0 Å². The Labute approximate surface area is 121 Å². The van der Waals surface area contributed by atoms with Gasteiger partial charge in [-0.2, -0.15) is 0 Å². The van der Waals surface area contributed by atoms with Crippen LogP contribution in [0.5, 0.6) is 0 Å². The standard InChI is InChI=1S/C16H25N3O/c1-12-5-8-19(9-6-12)10-7-18-14-3-4-16(17)15(11-14)13(2)20/h3-4,11-12,18H,5-10,17H2,1-2H3. The molecule has 0 unspecified atom stereocenters. The maximum Gasteiger partial charge on any atom is 0.161 e. The first-order valence-corrected chi connectivity index (χ1v) is 7.43. The molecule has 0 atom stereocenters. The highest BCUT2D eigenvalue weighted by Crippen LogP contribution is 2.19. The Morgan fingerprint density at radius 3 is 2.75 bits per heavy atom. The van der Waals surface area contributed by atoms with E-state index in [-0.39, 0.29) is 5.78 Å². The summed E-state index contributed by atoms with van der Waals surface area (Å²) in [5, 5.41) is 3.38. The lowest BCUT2D eigenvalue weighted by Crippen LogP contribution is -2.36. The number of nitrogen functional groups attached to an aromatic ring is 1. The zero-order chi connectivity index (χ0) is 14.5. The van der Waals surface area contributed by atoms with E-state index in [0.29, 0.717) is 11.3 Å². The molecular formula is C16H25N3O. The SMILES string of the molecule is CC(=O)c1cc(NCCN2CCC(C)CC2)ccc1N. The number of carbonyl (C=O) groups excluding carboxylic acids is 1. The fraction of sp³-hybridized carbons (Fsp3) is 0.562. The van der Waals surface area contributed by atoms with Crippen molar-refractivity contribution in [2.45, 2.75) is 26.7 Å². The first-order chi connectivity index (χ1) is 9.56. The third kappa shape index (κ3) is 3.97. The molecule has 1 aromatic rings. The number of rotatable bonds is 5. The van der Waals surface area contributed by atoms with Crippen LogP contribution < -0.4 is 11.1 Å². The van der Waals surface area contributed by atoms with E-state index in [2.05, 4.69) is 17.1 Å². The average molecular weight is 275 g/mol. The number of nitrogens with zero attached hydrogens (tertiary/aromatic N) is 1. The molecule has 0 radical (unpaired) electrons. The van der Waals surface area contributed by atoms with Crippen LogP contribution in [-0.2, 0) is 0 Å². The van der Waals surface area contributed by atoms with Crippen molar-refractivity contribution in [1.82, 2.24) is 4.90 Å². The number of hydrogen-bond acceptors (Lipinski definition) is 4. The van der Waals surface area contributed by atoms with Crippen LogP contribution in [0.2, 0.25) is 0 Å². The van der Waals surface area contributed by atoms with Crippen molar-refractivity contribution in [2.24, 2.45) is 5.92 Å². The van der Waals surface area contributed by atoms with Gasteiger partial charge in [0.05, 0.1) is 0 Å². The summed E-state index contributed by atoms with van der Waals surface area (Å²) in [6.07, 6.45) is 2.60. The molecule has 20 heavy (non-hydrogen) atoms. The number of hydrogen-bond donors (Lipinski definition) is 2. The van der Waals surface area contributed by atoms with Gasteiger partial charge < -0.3 is 16.0 Å². The van der Waals surface area contributed by atoms with Gasteiger partial charge in [-0.25, -0.2) is 0 Å². The number of Topliss-reactive ketones (excluding diaryl/α,β-unsaturated/α-hetero) is 1. The van der Waals surface area contributed by atoms with E-state index in [1.165, 1.54) is 25.9 Å². The fourth-order valence-electron chi connectivity index (χ4n) is 2.62. The smallest absolute Gasteiger partial charge is 0.161 e. The number of nitrogens with one attached hydrogen (secondary N) is 1. The van der Waals surface area contributed by atoms with Crippen LogP contribution in [0.25, 0.3) is 0 Å². The Hall–Kier alpha value is -1.55. The van der Waals surface area contributed by atoms with Crippen LogP contribution >= 0.6 is 0 Å². The highest BCUT2D eigenvalue weighted by molar-refractivity contribution is 5.99. The minimum atomic E-state index is 0.0103. The predicted octanol–water partition coefficient (Wildman–Crippen LogP) is 2.62. The van der Waals surface area contributed by atoms with Crippen molar-refractivity contribution in [3.8, 4) is 0 Å². The second-order valence-corrected chi connectivity index (χ2v) is 5.81. The highest BCUT2D eigenvalue weighted by atomic mass is 16.1. The summed E-state index contributed by atoms with van der Waals surface area (Å²) >= 11 is 0. The lowest BCUT2D eigenvalue weighted by Gasteiger charge is -2.30. The number of ketones is 1. The van der Waals surface area contributed by atoms with Crippen LogP contribution in [0.3, 0.4) is 0 Å². The van der Waals surface area contributed by atoms with Crippen molar-refractivity contribution in [2.75, 3.05) is 37.2 Å². The summed E-state index contributed by atoms with van der Waals surface area (Å²) in [6, 6.07) is 5.57. The molecule has 0 aromatic heterocycles. The van der Waals surface area contributed by atoms with Gasteiger partial charge in [0.1, 0.15) is 0 Å². The molecule has 2 rings (SSSR count). The quantitative estimate of drug-likeness (QED) is 0.640. The van der Waals surface area contributed by atoms with Gasteiger partial charge in [0.15, 0.2) is 5.78 Å². The zero-order valence-corrected chi connectivity index (χ0v) is 12.5. The second kappa shape index (κ2) is 6.75. The summed E-state index contributed by atoms with van der Waals surface area (Å²) in [6.45, 7) is 8.21. The van der Waals surface area contributed by atoms with Crippen LogP contribution in [0.15, 0.2) is 18.2 Å². The first-order valence-electron chi connectivity index (χ1n) is 7.43. The summed E-state index contributed by atoms with van der Waals surface area (Å²) in [4.78, 5) is 14.0. The number of nitrogens with two attached hydrogens (primary N) is 1. The normalized spacial score (nSPS) is 17.1. The second-order valence-electron chi connectivity index (χ2n) is 5.81. The van der Waals surface area contributed by atoms with Crippen LogP contribution in [-0.4, -0.2) is 36.9 Å². The largest absolute Gasteiger partial charge is 0.398 e. The van der Waals surface area contributed by atoms with E-state index >= 15 is 0 Å². The van der Waals surface area contributed by atoms with E-state index < -0.39 is 0 Å². The molecule has 3 N–H and O–H groups in total. The van der Waals surface area contributed by atoms with E-state index in [1.807, 2.05) is 12.1 Å². The van der Waals surface area contributed by atoms with Crippen LogP contribution in [0, 0.1) is 5.92 Å². The molecule has 1 aliphatic rings. The van der Waals surface area contributed by atoms with Crippen molar-refractivity contribution < 1.29 is 4.79 Å². The Morgan fingerprint density at radius 2 is 2.10 bits per heavy atom. The third-order valence-electron chi connectivity index (χ3n) is 4.07. The molecule has 110 valence electrons. The molecule has 4 nitrogen and oxygen atoms in total. The van der Waals surface area contributed by atoms with Gasteiger partial charge in [0.25, 0.3) is 0 Å². The van der Waals surface area contributed by atoms with Gasteiger partial charge in [0.2, 0.25) is 0 Å². The fourth-order valence-corrected chi connectivity index (χ4v) is 2.62. The number of carbonyl (C=O) groups is 1. The Morgan fingerprint density at radius 1 is 1.40 bits per heavy atom. The number of anilines is 2. The Kier molecular flexibility index (Phi) is 5.01. The summed E-state index contributed by atoms with van der Waals surface area (Å²) in [7, 11) is 0.